The van der Waals surface area contributed by atoms with Gasteiger partial charge >= 0.3 is 5.97 Å². The third-order valence-electron chi connectivity index (χ3n) is 2.04. The molecule has 0 bridgehead atoms. The lowest BCUT2D eigenvalue weighted by Crippen LogP contribution is -1.97. The number of benzene rings is 1. The molecule has 94 valence electrons. The molecule has 0 aliphatic rings. The molecule has 0 amide bonds. The molecule has 0 saturated carbocycles. The smallest absolute Gasteiger partial charge is 0.358 e. The van der Waals surface area contributed by atoms with E-state index in [0.717, 1.165) is 24.3 Å². The summed E-state index contributed by atoms with van der Waals surface area (Å²) in [6, 6.07) is 3.90. The maximum atomic E-state index is 13.2. The summed E-state index contributed by atoms with van der Waals surface area (Å²) in [5.41, 5.74) is -0.284. The molecule has 0 radical (unpaired) electrons. The lowest BCUT2D eigenvalue weighted by Gasteiger charge is -2.04. The van der Waals surface area contributed by atoms with Gasteiger partial charge in [0.25, 0.3) is 0 Å². The van der Waals surface area contributed by atoms with E-state index in [0.29, 0.717) is 0 Å². The van der Waals surface area contributed by atoms with Gasteiger partial charge in [0, 0.05) is 12.1 Å². The molecule has 1 aromatic carbocycles. The molecule has 2 aromatic rings. The second-order valence-corrected chi connectivity index (χ2v) is 3.35. The van der Waals surface area contributed by atoms with Crippen LogP contribution in [0.1, 0.15) is 16.2 Å². The van der Waals surface area contributed by atoms with Gasteiger partial charge in [0.15, 0.2) is 23.0 Å². The first kappa shape index (κ1) is 12.0. The largest absolute Gasteiger partial charge is 0.482 e. The van der Waals surface area contributed by atoms with Gasteiger partial charge in [0.2, 0.25) is 0 Å². The number of nitrogens with zero attached hydrogens (tertiary/aromatic N) is 1. The van der Waals surface area contributed by atoms with Crippen LogP contribution in [-0.4, -0.2) is 16.2 Å². The highest BCUT2D eigenvalue weighted by molar-refractivity contribution is 5.85. The number of carbonyl (C=O) groups is 1. The second-order valence-electron chi connectivity index (χ2n) is 3.35. The topological polar surface area (TPSA) is 72.6 Å². The molecule has 0 fully saturated rings. The summed E-state index contributed by atoms with van der Waals surface area (Å²) in [6.45, 7) is -0.249. The van der Waals surface area contributed by atoms with Crippen molar-refractivity contribution in [3.63, 3.8) is 0 Å². The maximum Gasteiger partial charge on any atom is 0.358 e. The van der Waals surface area contributed by atoms with Gasteiger partial charge in [-0.05, 0) is 12.1 Å². The Morgan fingerprint density at radius 1 is 1.39 bits per heavy atom. The van der Waals surface area contributed by atoms with Gasteiger partial charge < -0.3 is 14.4 Å². The standard InChI is InChI=1S/C11H7F2NO4/c12-6-1-2-8(13)10(3-6)17-5-7-4-9(11(15)16)14-18-7/h1-4H,5H2,(H,15,16). The fraction of sp³-hybridized carbons (Fsp3) is 0.0909. The number of ether oxygens (including phenoxy) is 1. The number of carboxylic acid groups (broad SMARTS) is 1. The molecule has 5 nitrogen and oxygen atoms in total. The van der Waals surface area contributed by atoms with Crippen LogP contribution in [0.2, 0.25) is 0 Å². The number of rotatable bonds is 4. The van der Waals surface area contributed by atoms with E-state index in [4.69, 9.17) is 9.84 Å². The van der Waals surface area contributed by atoms with Crippen molar-refractivity contribution in [3.05, 3.63) is 47.4 Å². The van der Waals surface area contributed by atoms with Gasteiger partial charge in [-0.2, -0.15) is 0 Å². The molecule has 1 aromatic heterocycles. The number of hydrogen-bond acceptors (Lipinski definition) is 4. The van der Waals surface area contributed by atoms with Crippen LogP contribution in [0.3, 0.4) is 0 Å². The lowest BCUT2D eigenvalue weighted by molar-refractivity contribution is 0.0685. The Balaban J connectivity index is 2.06. The van der Waals surface area contributed by atoms with Gasteiger partial charge in [-0.25, -0.2) is 13.6 Å². The Morgan fingerprint density at radius 3 is 2.83 bits per heavy atom. The van der Waals surface area contributed by atoms with Gasteiger partial charge in [-0.3, -0.25) is 0 Å². The highest BCUT2D eigenvalue weighted by atomic mass is 19.1. The molecule has 7 heteroatoms. The summed E-state index contributed by atoms with van der Waals surface area (Å²) in [5.74, 6) is -2.81. The van der Waals surface area contributed by atoms with Gasteiger partial charge in [0.1, 0.15) is 12.4 Å². The molecule has 0 atom stereocenters. The minimum atomic E-state index is -1.25. The molecule has 0 aliphatic heterocycles. The fourth-order valence-corrected chi connectivity index (χ4v) is 1.22. The van der Waals surface area contributed by atoms with Crippen molar-refractivity contribution in [2.45, 2.75) is 6.61 Å². The van der Waals surface area contributed by atoms with Crippen molar-refractivity contribution in [2.75, 3.05) is 0 Å². The minimum Gasteiger partial charge on any atom is -0.482 e. The van der Waals surface area contributed by atoms with Crippen LogP contribution in [-0.2, 0) is 6.61 Å². The zero-order valence-corrected chi connectivity index (χ0v) is 8.89. The first-order valence-electron chi connectivity index (χ1n) is 4.83. The molecule has 0 unspecified atom stereocenters. The van der Waals surface area contributed by atoms with Crippen molar-refractivity contribution in [1.82, 2.24) is 5.16 Å². The van der Waals surface area contributed by atoms with Gasteiger partial charge in [-0.15, -0.1) is 0 Å². The molecule has 2 rings (SSSR count). The Kier molecular flexibility index (Phi) is 3.22. The summed E-state index contributed by atoms with van der Waals surface area (Å²) in [5, 5.41) is 11.8. The number of hydrogen-bond donors (Lipinski definition) is 1. The highest BCUT2D eigenvalue weighted by Crippen LogP contribution is 2.19. The van der Waals surface area contributed by atoms with Crippen LogP contribution in [0.15, 0.2) is 28.8 Å². The number of aromatic nitrogens is 1. The molecule has 18 heavy (non-hydrogen) atoms. The normalized spacial score (nSPS) is 10.3. The third-order valence-corrected chi connectivity index (χ3v) is 2.04. The molecular weight excluding hydrogens is 248 g/mol. The summed E-state index contributed by atoms with van der Waals surface area (Å²) in [6.07, 6.45) is 0. The predicted molar refractivity (Wildman–Crippen MR) is 54.2 cm³/mol. The number of halogens is 2. The van der Waals surface area contributed by atoms with Crippen LogP contribution in [0.4, 0.5) is 8.78 Å². The SMILES string of the molecule is O=C(O)c1cc(COc2cc(F)ccc2F)on1. The summed E-state index contributed by atoms with van der Waals surface area (Å²) in [7, 11) is 0. The number of aromatic carboxylic acids is 1. The van der Waals surface area contributed by atoms with E-state index in [1.54, 1.807) is 0 Å². The van der Waals surface area contributed by atoms with Crippen molar-refractivity contribution < 1.29 is 27.9 Å². The molecule has 0 spiro atoms. The van der Waals surface area contributed by atoms with E-state index >= 15 is 0 Å². The van der Waals surface area contributed by atoms with Crippen LogP contribution in [0.25, 0.3) is 0 Å². The predicted octanol–water partition coefficient (Wildman–Crippen LogP) is 2.23. The van der Waals surface area contributed by atoms with Crippen molar-refractivity contribution in [3.8, 4) is 5.75 Å². The van der Waals surface area contributed by atoms with Gasteiger partial charge in [-0.1, -0.05) is 5.16 Å². The van der Waals surface area contributed by atoms with E-state index in [-0.39, 0.29) is 23.8 Å². The van der Waals surface area contributed by atoms with Crippen LogP contribution < -0.4 is 4.74 Å². The summed E-state index contributed by atoms with van der Waals surface area (Å²) < 4.78 is 35.6. The summed E-state index contributed by atoms with van der Waals surface area (Å²) >= 11 is 0. The van der Waals surface area contributed by atoms with E-state index < -0.39 is 17.6 Å². The molecule has 0 saturated heterocycles. The molecular formula is C11H7F2NO4. The average Bonchev–Trinajstić information content (AvgIpc) is 2.79. The van der Waals surface area contributed by atoms with Crippen molar-refractivity contribution >= 4 is 5.97 Å². The first-order chi connectivity index (χ1) is 8.56. The maximum absolute atomic E-state index is 13.2. The van der Waals surface area contributed by atoms with E-state index in [1.165, 1.54) is 0 Å². The minimum absolute atomic E-state index is 0.0936. The Hall–Kier alpha value is -2.44. The molecule has 0 aliphatic carbocycles. The zero-order chi connectivity index (χ0) is 13.1. The molecule has 1 heterocycles. The fourth-order valence-electron chi connectivity index (χ4n) is 1.22. The monoisotopic (exact) mass is 255 g/mol. The van der Waals surface area contributed by atoms with Crippen LogP contribution in [0, 0.1) is 11.6 Å². The van der Waals surface area contributed by atoms with Crippen LogP contribution >= 0.6 is 0 Å². The van der Waals surface area contributed by atoms with Gasteiger partial charge in [0.05, 0.1) is 0 Å². The quantitative estimate of drug-likeness (QED) is 0.906. The van der Waals surface area contributed by atoms with E-state index in [2.05, 4.69) is 9.68 Å². The average molecular weight is 255 g/mol. The highest BCUT2D eigenvalue weighted by Gasteiger charge is 2.12. The van der Waals surface area contributed by atoms with E-state index in [1.807, 2.05) is 0 Å². The second kappa shape index (κ2) is 4.82. The van der Waals surface area contributed by atoms with Crippen molar-refractivity contribution in [1.29, 1.82) is 0 Å². The number of carboxylic acids is 1. The Labute approximate surface area is 99.6 Å². The Morgan fingerprint density at radius 2 is 2.17 bits per heavy atom. The third kappa shape index (κ3) is 2.62. The zero-order valence-electron chi connectivity index (χ0n) is 8.89. The summed E-state index contributed by atoms with van der Waals surface area (Å²) in [4.78, 5) is 10.5. The first-order valence-corrected chi connectivity index (χ1v) is 4.83. The molecule has 1 N–H and O–H groups in total. The van der Waals surface area contributed by atoms with E-state index in [9.17, 15) is 13.6 Å². The Bertz CT molecular complexity index is 582. The lowest BCUT2D eigenvalue weighted by atomic mass is 10.3. The van der Waals surface area contributed by atoms with Crippen molar-refractivity contribution in [2.24, 2.45) is 0 Å². The van der Waals surface area contributed by atoms with Crippen LogP contribution in [0.5, 0.6) is 5.75 Å².